The summed E-state index contributed by atoms with van der Waals surface area (Å²) in [5.41, 5.74) is 0.858. The Morgan fingerprint density at radius 1 is 1.44 bits per heavy atom. The molecule has 5 nitrogen and oxygen atoms in total. The highest BCUT2D eigenvalue weighted by atomic mass is 16.1. The third-order valence-electron chi connectivity index (χ3n) is 2.34. The van der Waals surface area contributed by atoms with E-state index in [1.165, 1.54) is 6.92 Å². The Bertz CT molecular complexity index is 491. The van der Waals surface area contributed by atoms with E-state index in [0.717, 1.165) is 24.3 Å². The zero-order chi connectivity index (χ0) is 11.4. The van der Waals surface area contributed by atoms with E-state index >= 15 is 0 Å². The van der Waals surface area contributed by atoms with Crippen molar-refractivity contribution in [1.82, 2.24) is 19.9 Å². The van der Waals surface area contributed by atoms with Crippen molar-refractivity contribution < 1.29 is 4.79 Å². The Balaban J connectivity index is 1.97. The Morgan fingerprint density at radius 3 is 3.12 bits per heavy atom. The number of fused-ring (bicyclic) bond motifs is 1. The molecule has 2 rings (SSSR count). The van der Waals surface area contributed by atoms with Gasteiger partial charge in [-0.3, -0.25) is 9.20 Å². The van der Waals surface area contributed by atoms with Gasteiger partial charge in [0.25, 0.3) is 0 Å². The molecule has 2 heterocycles. The lowest BCUT2D eigenvalue weighted by atomic mass is 10.3. The molecular formula is C11H14N4O. The predicted molar refractivity (Wildman–Crippen MR) is 60.0 cm³/mol. The molecule has 0 atom stereocenters. The van der Waals surface area contributed by atoms with Crippen LogP contribution in [-0.4, -0.2) is 27.0 Å². The summed E-state index contributed by atoms with van der Waals surface area (Å²) in [6.07, 6.45) is 3.63. The van der Waals surface area contributed by atoms with Gasteiger partial charge >= 0.3 is 0 Å². The molecule has 0 saturated heterocycles. The molecule has 16 heavy (non-hydrogen) atoms. The van der Waals surface area contributed by atoms with E-state index in [-0.39, 0.29) is 5.91 Å². The van der Waals surface area contributed by atoms with Gasteiger partial charge in [0.1, 0.15) is 5.82 Å². The van der Waals surface area contributed by atoms with Crippen LogP contribution in [0.2, 0.25) is 0 Å². The van der Waals surface area contributed by atoms with Crippen molar-refractivity contribution in [2.45, 2.75) is 19.8 Å². The average Bonchev–Trinajstić information content (AvgIpc) is 2.68. The molecule has 0 aromatic carbocycles. The summed E-state index contributed by atoms with van der Waals surface area (Å²) in [7, 11) is 0. The van der Waals surface area contributed by atoms with Crippen LogP contribution in [0.5, 0.6) is 0 Å². The largest absolute Gasteiger partial charge is 0.356 e. The minimum Gasteiger partial charge on any atom is -0.356 e. The monoisotopic (exact) mass is 218 g/mol. The molecule has 84 valence electrons. The van der Waals surface area contributed by atoms with E-state index in [1.807, 2.05) is 28.8 Å². The number of hydrogen-bond donors (Lipinski definition) is 1. The van der Waals surface area contributed by atoms with Crippen molar-refractivity contribution in [3.05, 3.63) is 30.2 Å². The highest BCUT2D eigenvalue weighted by Gasteiger charge is 2.03. The van der Waals surface area contributed by atoms with Crippen molar-refractivity contribution in [3.8, 4) is 0 Å². The van der Waals surface area contributed by atoms with Gasteiger partial charge in [-0.25, -0.2) is 0 Å². The van der Waals surface area contributed by atoms with Crippen LogP contribution < -0.4 is 5.32 Å². The van der Waals surface area contributed by atoms with E-state index in [2.05, 4.69) is 15.5 Å². The van der Waals surface area contributed by atoms with Crippen LogP contribution in [0.25, 0.3) is 5.65 Å². The summed E-state index contributed by atoms with van der Waals surface area (Å²) in [6, 6.07) is 5.81. The van der Waals surface area contributed by atoms with E-state index in [4.69, 9.17) is 0 Å². The second-order valence-corrected chi connectivity index (χ2v) is 3.63. The van der Waals surface area contributed by atoms with Crippen LogP contribution in [0.3, 0.4) is 0 Å². The van der Waals surface area contributed by atoms with Gasteiger partial charge in [-0.2, -0.15) is 0 Å². The number of nitrogens with zero attached hydrogens (tertiary/aromatic N) is 3. The van der Waals surface area contributed by atoms with Crippen molar-refractivity contribution in [3.63, 3.8) is 0 Å². The zero-order valence-electron chi connectivity index (χ0n) is 9.18. The third-order valence-corrected chi connectivity index (χ3v) is 2.34. The van der Waals surface area contributed by atoms with Crippen LogP contribution in [0, 0.1) is 0 Å². The maximum atomic E-state index is 10.7. The molecule has 1 amide bonds. The zero-order valence-corrected chi connectivity index (χ0v) is 9.18. The number of nitrogens with one attached hydrogen (secondary N) is 1. The molecule has 2 aromatic heterocycles. The average molecular weight is 218 g/mol. The first-order chi connectivity index (χ1) is 7.77. The summed E-state index contributed by atoms with van der Waals surface area (Å²) in [5.74, 6) is 0.937. The number of amides is 1. The van der Waals surface area contributed by atoms with E-state index in [0.29, 0.717) is 6.54 Å². The molecular weight excluding hydrogens is 204 g/mol. The lowest BCUT2D eigenvalue weighted by Crippen LogP contribution is -2.21. The maximum absolute atomic E-state index is 10.7. The number of carbonyl (C=O) groups excluding carboxylic acids is 1. The number of hydrogen-bond acceptors (Lipinski definition) is 3. The predicted octanol–water partition coefficient (Wildman–Crippen LogP) is 0.798. The lowest BCUT2D eigenvalue weighted by Gasteiger charge is -2.01. The summed E-state index contributed by atoms with van der Waals surface area (Å²) >= 11 is 0. The van der Waals surface area contributed by atoms with Crippen LogP contribution in [-0.2, 0) is 11.2 Å². The van der Waals surface area contributed by atoms with E-state index < -0.39 is 0 Å². The van der Waals surface area contributed by atoms with Crippen LogP contribution in [0.4, 0.5) is 0 Å². The van der Waals surface area contributed by atoms with Crippen LogP contribution >= 0.6 is 0 Å². The highest BCUT2D eigenvalue weighted by molar-refractivity contribution is 5.72. The minimum absolute atomic E-state index is 0.00565. The fourth-order valence-corrected chi connectivity index (χ4v) is 1.57. The summed E-state index contributed by atoms with van der Waals surface area (Å²) in [4.78, 5) is 10.7. The molecule has 0 fully saturated rings. The Labute approximate surface area is 93.5 Å². The third kappa shape index (κ3) is 2.36. The Kier molecular flexibility index (Phi) is 3.14. The van der Waals surface area contributed by atoms with Gasteiger partial charge < -0.3 is 5.32 Å². The smallest absolute Gasteiger partial charge is 0.216 e. The highest BCUT2D eigenvalue weighted by Crippen LogP contribution is 2.04. The van der Waals surface area contributed by atoms with Gasteiger partial charge in [-0.05, 0) is 18.6 Å². The number of carbonyl (C=O) groups is 1. The van der Waals surface area contributed by atoms with Gasteiger partial charge in [0.15, 0.2) is 5.65 Å². The second-order valence-electron chi connectivity index (χ2n) is 3.63. The van der Waals surface area contributed by atoms with Gasteiger partial charge in [-0.15, -0.1) is 10.2 Å². The fourth-order valence-electron chi connectivity index (χ4n) is 1.57. The van der Waals surface area contributed by atoms with Gasteiger partial charge in [0.05, 0.1) is 0 Å². The normalized spacial score (nSPS) is 10.6. The number of rotatable bonds is 4. The molecule has 0 saturated carbocycles. The summed E-state index contributed by atoms with van der Waals surface area (Å²) in [5, 5.41) is 10.9. The molecule has 2 aromatic rings. The van der Waals surface area contributed by atoms with Crippen LogP contribution in [0.15, 0.2) is 24.4 Å². The van der Waals surface area contributed by atoms with Crippen molar-refractivity contribution in [2.75, 3.05) is 6.54 Å². The first-order valence-corrected chi connectivity index (χ1v) is 5.30. The SMILES string of the molecule is CC(=O)NCCCc1nnc2ccccn12. The molecule has 0 aliphatic carbocycles. The molecule has 0 aliphatic rings. The van der Waals surface area contributed by atoms with Crippen molar-refractivity contribution >= 4 is 11.6 Å². The second kappa shape index (κ2) is 4.74. The molecule has 0 unspecified atom stereocenters. The standard InChI is InChI=1S/C11H14N4O/c1-9(16)12-7-4-6-11-14-13-10-5-2-3-8-15(10)11/h2-3,5,8H,4,6-7H2,1H3,(H,12,16). The van der Waals surface area contributed by atoms with E-state index in [9.17, 15) is 4.79 Å². The number of pyridine rings is 1. The quantitative estimate of drug-likeness (QED) is 0.772. The van der Waals surface area contributed by atoms with Gasteiger partial charge in [0.2, 0.25) is 5.91 Å². The maximum Gasteiger partial charge on any atom is 0.216 e. The topological polar surface area (TPSA) is 59.3 Å². The molecule has 0 aliphatic heterocycles. The summed E-state index contributed by atoms with van der Waals surface area (Å²) in [6.45, 7) is 2.20. The Morgan fingerprint density at radius 2 is 2.31 bits per heavy atom. The number of aryl methyl sites for hydroxylation is 1. The minimum atomic E-state index is 0.00565. The molecule has 1 N–H and O–H groups in total. The molecule has 0 radical (unpaired) electrons. The van der Waals surface area contributed by atoms with E-state index in [1.54, 1.807) is 0 Å². The molecule has 0 bridgehead atoms. The Hall–Kier alpha value is -1.91. The summed E-state index contributed by atoms with van der Waals surface area (Å²) < 4.78 is 1.97. The van der Waals surface area contributed by atoms with Gasteiger partial charge in [0, 0.05) is 26.1 Å². The van der Waals surface area contributed by atoms with Crippen molar-refractivity contribution in [2.24, 2.45) is 0 Å². The fraction of sp³-hybridized carbons (Fsp3) is 0.364. The molecule has 5 heteroatoms. The first-order valence-electron chi connectivity index (χ1n) is 5.30. The van der Waals surface area contributed by atoms with Gasteiger partial charge in [-0.1, -0.05) is 6.07 Å². The number of aromatic nitrogens is 3. The van der Waals surface area contributed by atoms with Crippen molar-refractivity contribution in [1.29, 1.82) is 0 Å². The first kappa shape index (κ1) is 10.6. The van der Waals surface area contributed by atoms with Crippen LogP contribution in [0.1, 0.15) is 19.2 Å². The molecule has 0 spiro atoms. The lowest BCUT2D eigenvalue weighted by molar-refractivity contribution is -0.118.